The van der Waals surface area contributed by atoms with Crippen molar-refractivity contribution in [2.45, 2.75) is 19.8 Å². The molecule has 0 saturated carbocycles. The highest BCUT2D eigenvalue weighted by atomic mass is 32.2. The van der Waals surface area contributed by atoms with Crippen molar-refractivity contribution in [3.63, 3.8) is 0 Å². The van der Waals surface area contributed by atoms with Crippen LogP contribution in [0.25, 0.3) is 0 Å². The van der Waals surface area contributed by atoms with Gasteiger partial charge in [-0.2, -0.15) is 4.31 Å². The van der Waals surface area contributed by atoms with Gasteiger partial charge in [0.15, 0.2) is 0 Å². The standard InChI is InChI=1S/C12H21NO6S/c1-4-8-13(10-12(15)19-5-2)20(16,17)9-6-7-11(14)18-3/h4H,1,5-10H2,2-3H3. The van der Waals surface area contributed by atoms with Gasteiger partial charge in [-0.3, -0.25) is 9.59 Å². The topological polar surface area (TPSA) is 90.0 Å². The number of sulfonamides is 1. The molecule has 0 spiro atoms. The summed E-state index contributed by atoms with van der Waals surface area (Å²) in [6, 6.07) is 0. The molecule has 0 atom stereocenters. The van der Waals surface area contributed by atoms with E-state index in [4.69, 9.17) is 4.74 Å². The van der Waals surface area contributed by atoms with Gasteiger partial charge in [0.2, 0.25) is 10.0 Å². The summed E-state index contributed by atoms with van der Waals surface area (Å²) in [5, 5.41) is 0. The van der Waals surface area contributed by atoms with Gasteiger partial charge in [-0.15, -0.1) is 6.58 Å². The predicted octanol–water partition coefficient (Wildman–Crippen LogP) is 0.321. The molecule has 0 heterocycles. The summed E-state index contributed by atoms with van der Waals surface area (Å²) < 4.78 is 34.2. The van der Waals surface area contributed by atoms with E-state index in [9.17, 15) is 18.0 Å². The van der Waals surface area contributed by atoms with Gasteiger partial charge in [0.05, 0.1) is 19.5 Å². The molecule has 0 radical (unpaired) electrons. The second kappa shape index (κ2) is 9.49. The molecule has 0 amide bonds. The second-order valence-electron chi connectivity index (χ2n) is 3.88. The number of esters is 2. The highest BCUT2D eigenvalue weighted by molar-refractivity contribution is 7.89. The number of methoxy groups -OCH3 is 1. The van der Waals surface area contributed by atoms with Crippen molar-refractivity contribution in [1.82, 2.24) is 4.31 Å². The van der Waals surface area contributed by atoms with Gasteiger partial charge in [-0.1, -0.05) is 6.08 Å². The molecule has 0 bridgehead atoms. The Morgan fingerprint density at radius 3 is 2.45 bits per heavy atom. The third-order valence-electron chi connectivity index (χ3n) is 2.35. The van der Waals surface area contributed by atoms with Gasteiger partial charge >= 0.3 is 11.9 Å². The SMILES string of the molecule is C=CCN(CC(=O)OCC)S(=O)(=O)CCCC(=O)OC. The van der Waals surface area contributed by atoms with Crippen LogP contribution < -0.4 is 0 Å². The molecule has 0 fully saturated rings. The first-order chi connectivity index (χ1) is 9.37. The van der Waals surface area contributed by atoms with Gasteiger partial charge in [-0.25, -0.2) is 8.42 Å². The second-order valence-corrected chi connectivity index (χ2v) is 5.97. The molecule has 0 rings (SSSR count). The molecule has 8 heteroatoms. The number of carbonyl (C=O) groups is 2. The smallest absolute Gasteiger partial charge is 0.321 e. The van der Waals surface area contributed by atoms with Crippen LogP contribution in [0.3, 0.4) is 0 Å². The maximum atomic E-state index is 12.0. The molecular weight excluding hydrogens is 286 g/mol. The Balaban J connectivity index is 4.58. The van der Waals surface area contributed by atoms with Crippen LogP contribution in [-0.2, 0) is 29.1 Å². The van der Waals surface area contributed by atoms with Crippen LogP contribution in [0.1, 0.15) is 19.8 Å². The lowest BCUT2D eigenvalue weighted by Gasteiger charge is -2.19. The van der Waals surface area contributed by atoms with E-state index in [1.807, 2.05) is 0 Å². The van der Waals surface area contributed by atoms with E-state index < -0.39 is 22.0 Å². The summed E-state index contributed by atoms with van der Waals surface area (Å²) in [6.45, 7) is 4.93. The fourth-order valence-corrected chi connectivity index (χ4v) is 2.80. The van der Waals surface area contributed by atoms with Crippen LogP contribution in [0.2, 0.25) is 0 Å². The molecule has 0 N–H and O–H groups in total. The summed E-state index contributed by atoms with van der Waals surface area (Å²) >= 11 is 0. The number of hydrogen-bond donors (Lipinski definition) is 0. The molecular formula is C12H21NO6S. The minimum absolute atomic E-state index is 0.0110. The number of ether oxygens (including phenoxy) is 2. The molecule has 0 aromatic carbocycles. The minimum atomic E-state index is -3.65. The summed E-state index contributed by atoms with van der Waals surface area (Å²) in [6.07, 6.45) is 1.53. The molecule has 0 aliphatic heterocycles. The average molecular weight is 307 g/mol. The first kappa shape index (κ1) is 18.6. The van der Waals surface area contributed by atoms with Crippen LogP contribution in [-0.4, -0.2) is 57.2 Å². The third kappa shape index (κ3) is 7.25. The van der Waals surface area contributed by atoms with Crippen molar-refractivity contribution in [3.8, 4) is 0 Å². The predicted molar refractivity (Wildman–Crippen MR) is 73.4 cm³/mol. The van der Waals surface area contributed by atoms with Gasteiger partial charge in [-0.05, 0) is 13.3 Å². The Bertz CT molecular complexity index is 431. The van der Waals surface area contributed by atoms with Crippen molar-refractivity contribution in [2.24, 2.45) is 0 Å². The molecule has 116 valence electrons. The van der Waals surface area contributed by atoms with Crippen LogP contribution in [0, 0.1) is 0 Å². The zero-order chi connectivity index (χ0) is 15.6. The monoisotopic (exact) mass is 307 g/mol. The Morgan fingerprint density at radius 1 is 1.30 bits per heavy atom. The molecule has 0 aromatic rings. The van der Waals surface area contributed by atoms with E-state index in [0.717, 1.165) is 4.31 Å². The number of carbonyl (C=O) groups excluding carboxylic acids is 2. The zero-order valence-corrected chi connectivity index (χ0v) is 12.6. The number of rotatable bonds is 10. The highest BCUT2D eigenvalue weighted by Crippen LogP contribution is 2.06. The Labute approximate surface area is 119 Å². The van der Waals surface area contributed by atoms with E-state index in [1.54, 1.807) is 6.92 Å². The Kier molecular flexibility index (Phi) is 8.82. The lowest BCUT2D eigenvalue weighted by Crippen LogP contribution is -2.38. The molecule has 0 unspecified atom stereocenters. The summed E-state index contributed by atoms with van der Waals surface area (Å²) in [4.78, 5) is 22.3. The van der Waals surface area contributed by atoms with Crippen LogP contribution >= 0.6 is 0 Å². The van der Waals surface area contributed by atoms with Crippen LogP contribution in [0.5, 0.6) is 0 Å². The van der Waals surface area contributed by atoms with Crippen LogP contribution in [0.4, 0.5) is 0 Å². The maximum absolute atomic E-state index is 12.0. The Morgan fingerprint density at radius 2 is 1.95 bits per heavy atom. The quantitative estimate of drug-likeness (QED) is 0.426. The summed E-state index contributed by atoms with van der Waals surface area (Å²) in [7, 11) is -2.41. The molecule has 0 aliphatic rings. The lowest BCUT2D eigenvalue weighted by molar-refractivity contribution is -0.143. The first-order valence-electron chi connectivity index (χ1n) is 6.18. The van der Waals surface area contributed by atoms with E-state index in [2.05, 4.69) is 11.3 Å². The number of hydrogen-bond acceptors (Lipinski definition) is 6. The Hall–Kier alpha value is -1.41. The lowest BCUT2D eigenvalue weighted by atomic mass is 10.3. The van der Waals surface area contributed by atoms with Crippen molar-refractivity contribution in [2.75, 3.05) is 32.6 Å². The molecule has 0 aliphatic carbocycles. The van der Waals surface area contributed by atoms with Crippen molar-refractivity contribution >= 4 is 22.0 Å². The number of nitrogens with zero attached hydrogens (tertiary/aromatic N) is 1. The fourth-order valence-electron chi connectivity index (χ4n) is 1.40. The van der Waals surface area contributed by atoms with E-state index >= 15 is 0 Å². The van der Waals surface area contributed by atoms with Crippen molar-refractivity contribution in [1.29, 1.82) is 0 Å². The van der Waals surface area contributed by atoms with Crippen molar-refractivity contribution in [3.05, 3.63) is 12.7 Å². The van der Waals surface area contributed by atoms with E-state index in [1.165, 1.54) is 13.2 Å². The van der Waals surface area contributed by atoms with Gasteiger partial charge in [0, 0.05) is 13.0 Å². The molecule has 0 saturated heterocycles. The minimum Gasteiger partial charge on any atom is -0.469 e. The normalized spacial score (nSPS) is 11.2. The molecule has 7 nitrogen and oxygen atoms in total. The average Bonchev–Trinajstić information content (AvgIpc) is 2.38. The maximum Gasteiger partial charge on any atom is 0.321 e. The van der Waals surface area contributed by atoms with Gasteiger partial charge in [0.25, 0.3) is 0 Å². The highest BCUT2D eigenvalue weighted by Gasteiger charge is 2.24. The summed E-state index contributed by atoms with van der Waals surface area (Å²) in [5.41, 5.74) is 0. The molecule has 20 heavy (non-hydrogen) atoms. The van der Waals surface area contributed by atoms with Gasteiger partial charge < -0.3 is 9.47 Å². The van der Waals surface area contributed by atoms with Crippen molar-refractivity contribution < 1.29 is 27.5 Å². The fraction of sp³-hybridized carbons (Fsp3) is 0.667. The van der Waals surface area contributed by atoms with E-state index in [0.29, 0.717) is 0 Å². The van der Waals surface area contributed by atoms with E-state index in [-0.39, 0.29) is 38.3 Å². The van der Waals surface area contributed by atoms with Gasteiger partial charge in [0.1, 0.15) is 6.54 Å². The first-order valence-corrected chi connectivity index (χ1v) is 7.79. The summed E-state index contributed by atoms with van der Waals surface area (Å²) in [5.74, 6) is -1.33. The third-order valence-corrected chi connectivity index (χ3v) is 4.22. The van der Waals surface area contributed by atoms with Crippen LogP contribution in [0.15, 0.2) is 12.7 Å². The largest absolute Gasteiger partial charge is 0.469 e. The molecule has 0 aromatic heterocycles. The zero-order valence-electron chi connectivity index (χ0n) is 11.8.